The van der Waals surface area contributed by atoms with Crippen LogP contribution < -0.4 is 70.4 Å². The third kappa shape index (κ3) is 16.9. The molecule has 1 aromatic carbocycles. The van der Waals surface area contributed by atoms with Crippen molar-refractivity contribution in [1.82, 2.24) is 53.2 Å². The summed E-state index contributed by atoms with van der Waals surface area (Å²) in [6, 6.07) is -0.868. The first-order valence-corrected chi connectivity index (χ1v) is 22.6. The van der Waals surface area contributed by atoms with Crippen molar-refractivity contribution in [3.05, 3.63) is 35.9 Å². The summed E-state index contributed by atoms with van der Waals surface area (Å²) in [5.74, 6) is -7.15. The Morgan fingerprint density at radius 2 is 1.14 bits per heavy atom. The van der Waals surface area contributed by atoms with Crippen LogP contribution in [0.4, 0.5) is 0 Å². The van der Waals surface area contributed by atoms with Crippen molar-refractivity contribution < 1.29 is 48.3 Å². The van der Waals surface area contributed by atoms with Crippen LogP contribution in [0.2, 0.25) is 0 Å². The third-order valence-electron chi connectivity index (χ3n) is 11.2. The molecule has 9 amide bonds. The van der Waals surface area contributed by atoms with Gasteiger partial charge in [0.05, 0.1) is 6.10 Å². The van der Waals surface area contributed by atoms with E-state index in [0.717, 1.165) is 0 Å². The van der Waals surface area contributed by atoms with Crippen LogP contribution in [0.25, 0.3) is 0 Å². The molecule has 2 saturated heterocycles. The molecule has 1 aromatic rings. The van der Waals surface area contributed by atoms with Gasteiger partial charge in [-0.15, -0.1) is 0 Å². The Bertz CT molecular complexity index is 1830. The molecule has 23 nitrogen and oxygen atoms in total. The molecule has 0 aliphatic carbocycles. The van der Waals surface area contributed by atoms with Gasteiger partial charge >= 0.3 is 0 Å². The van der Waals surface area contributed by atoms with Gasteiger partial charge in [0, 0.05) is 19.9 Å². The maximum Gasteiger partial charge on any atom is 0.246 e. The summed E-state index contributed by atoms with van der Waals surface area (Å²) in [4.78, 5) is 124. The SMILES string of the molecule is CC(=O)NC1(C(=O)N[C@H]2CCNC(=O)[C@H]([C@@H](C)O)NC(=O)[C@H](CCN)NC(=O)[C@H](CCN)NC(=O)[C@H](CC(C)C)NC(=O)[C@@H](Cc3ccccc3)NC(=O)[C@H](CCN)NC2=O)CCNCC1. The summed E-state index contributed by atoms with van der Waals surface area (Å²) < 4.78 is 0. The van der Waals surface area contributed by atoms with Crippen molar-refractivity contribution in [2.24, 2.45) is 23.1 Å². The average Bonchev–Trinajstić information content (AvgIpc) is 3.26. The van der Waals surface area contributed by atoms with Crippen molar-refractivity contribution in [2.75, 3.05) is 39.3 Å². The van der Waals surface area contributed by atoms with Crippen LogP contribution in [0.1, 0.15) is 78.2 Å². The zero-order valence-corrected chi connectivity index (χ0v) is 38.3. The van der Waals surface area contributed by atoms with Crippen molar-refractivity contribution >= 4 is 53.2 Å². The van der Waals surface area contributed by atoms with E-state index in [1.54, 1.807) is 30.3 Å². The van der Waals surface area contributed by atoms with Gasteiger partial charge in [-0.3, -0.25) is 43.2 Å². The number of nitrogens with one attached hydrogen (secondary N) is 10. The van der Waals surface area contributed by atoms with Gasteiger partial charge in [0.15, 0.2) is 0 Å². The maximum absolute atomic E-state index is 14.3. The highest BCUT2D eigenvalue weighted by Crippen LogP contribution is 2.20. The predicted molar refractivity (Wildman–Crippen MR) is 242 cm³/mol. The molecule has 23 heteroatoms. The summed E-state index contributed by atoms with van der Waals surface area (Å²) in [5.41, 5.74) is 16.8. The van der Waals surface area contributed by atoms with Gasteiger partial charge < -0.3 is 75.5 Å². The fourth-order valence-corrected chi connectivity index (χ4v) is 7.70. The number of amides is 9. The second kappa shape index (κ2) is 27.0. The van der Waals surface area contributed by atoms with Crippen molar-refractivity contribution in [3.8, 4) is 0 Å². The topological polar surface area (TPSA) is 372 Å². The van der Waals surface area contributed by atoms with Gasteiger partial charge in [0.25, 0.3) is 0 Å². The molecule has 66 heavy (non-hydrogen) atoms. The molecule has 368 valence electrons. The number of hydrogen-bond donors (Lipinski definition) is 14. The summed E-state index contributed by atoms with van der Waals surface area (Å²) >= 11 is 0. The summed E-state index contributed by atoms with van der Waals surface area (Å²) in [7, 11) is 0. The van der Waals surface area contributed by atoms with Crippen LogP contribution in [0.5, 0.6) is 0 Å². The molecule has 2 aliphatic rings. The zero-order valence-electron chi connectivity index (χ0n) is 38.3. The number of hydrogen-bond acceptors (Lipinski definition) is 14. The van der Waals surface area contributed by atoms with E-state index >= 15 is 0 Å². The van der Waals surface area contributed by atoms with E-state index in [1.165, 1.54) is 13.8 Å². The molecule has 0 unspecified atom stereocenters. The molecule has 17 N–H and O–H groups in total. The van der Waals surface area contributed by atoms with Gasteiger partial charge in [-0.25, -0.2) is 0 Å². The molecular weight excluding hydrogens is 859 g/mol. The van der Waals surface area contributed by atoms with E-state index in [0.29, 0.717) is 18.7 Å². The Morgan fingerprint density at radius 1 is 0.667 bits per heavy atom. The highest BCUT2D eigenvalue weighted by molar-refractivity contribution is 5.99. The lowest BCUT2D eigenvalue weighted by Gasteiger charge is -2.37. The summed E-state index contributed by atoms with van der Waals surface area (Å²) in [6.07, 6.45) is -1.68. The van der Waals surface area contributed by atoms with Gasteiger partial charge in [0.2, 0.25) is 53.2 Å². The maximum atomic E-state index is 14.3. The monoisotopic (exact) mass is 930 g/mol. The van der Waals surface area contributed by atoms with E-state index in [9.17, 15) is 48.3 Å². The first kappa shape index (κ1) is 54.6. The molecule has 2 fully saturated rings. The standard InChI is InChI=1S/C43H71N13O10/c1-24(2)22-32-39(63)51-28(10-16-44)35(59)50-30(12-18-46)38(62)55-34(25(3)57)41(65)48-19-13-31(54-42(66)43(56-26(4)58)14-20-47-21-15-43)37(61)49-29(11-17-45)36(60)53-33(40(64)52-32)23-27-8-6-5-7-9-27/h5-9,24-25,28-34,47,57H,10-23,44-46H2,1-4H3,(H,48,65)(H,49,61)(H,50,59)(H,51,63)(H,52,64)(H,53,60)(H,54,66)(H,55,62)(H,56,58)/t25-,28+,29+,30+,31+,32+,33-,34+/m1/s1. The number of piperidine rings is 1. The molecule has 8 atom stereocenters. The highest BCUT2D eigenvalue weighted by atomic mass is 16.3. The largest absolute Gasteiger partial charge is 0.391 e. The van der Waals surface area contributed by atoms with Crippen LogP contribution in [0.3, 0.4) is 0 Å². The molecule has 0 aromatic heterocycles. The zero-order chi connectivity index (χ0) is 49.0. The van der Waals surface area contributed by atoms with E-state index in [2.05, 4.69) is 53.2 Å². The Morgan fingerprint density at radius 3 is 1.64 bits per heavy atom. The average molecular weight is 930 g/mol. The quantitative estimate of drug-likeness (QED) is 0.0831. The molecule has 0 bridgehead atoms. The number of carbonyl (C=O) groups excluding carboxylic acids is 9. The first-order valence-electron chi connectivity index (χ1n) is 22.6. The Balaban J connectivity index is 2.13. The minimum atomic E-state index is -1.59. The number of nitrogens with two attached hydrogens (primary N) is 3. The number of carbonyl (C=O) groups is 9. The Labute approximate surface area is 385 Å². The lowest BCUT2D eigenvalue weighted by atomic mass is 9.86. The predicted octanol–water partition coefficient (Wildman–Crippen LogP) is -5.13. The van der Waals surface area contributed by atoms with Crippen molar-refractivity contribution in [2.45, 2.75) is 133 Å². The van der Waals surface area contributed by atoms with Crippen molar-refractivity contribution in [1.29, 1.82) is 0 Å². The number of aliphatic hydroxyl groups excluding tert-OH is 1. The highest BCUT2D eigenvalue weighted by Gasteiger charge is 2.42. The van der Waals surface area contributed by atoms with Gasteiger partial charge in [-0.05, 0) is 96.1 Å². The Hall–Kier alpha value is -5.75. The van der Waals surface area contributed by atoms with E-state index < -0.39 is 107 Å². The lowest BCUT2D eigenvalue weighted by molar-refractivity contribution is -0.137. The van der Waals surface area contributed by atoms with Crippen LogP contribution in [0, 0.1) is 5.92 Å². The molecule has 0 spiro atoms. The second-order valence-corrected chi connectivity index (χ2v) is 17.2. The smallest absolute Gasteiger partial charge is 0.246 e. The fraction of sp³-hybridized carbons (Fsp3) is 0.651. The van der Waals surface area contributed by atoms with E-state index in [-0.39, 0.29) is 83.5 Å². The molecule has 2 aliphatic heterocycles. The van der Waals surface area contributed by atoms with Crippen LogP contribution in [-0.2, 0) is 49.6 Å². The van der Waals surface area contributed by atoms with Crippen LogP contribution in [0.15, 0.2) is 30.3 Å². The second-order valence-electron chi connectivity index (χ2n) is 17.2. The first-order chi connectivity index (χ1) is 31.3. The van der Waals surface area contributed by atoms with Gasteiger partial charge in [-0.1, -0.05) is 44.2 Å². The number of aliphatic hydroxyl groups is 1. The number of benzene rings is 1. The fourth-order valence-electron chi connectivity index (χ4n) is 7.70. The minimum Gasteiger partial charge on any atom is -0.391 e. The van der Waals surface area contributed by atoms with Crippen LogP contribution in [-0.4, -0.2) is 151 Å². The minimum absolute atomic E-state index is 0.0492. The summed E-state index contributed by atoms with van der Waals surface area (Å²) in [6.45, 7) is 6.29. The molecule has 3 rings (SSSR count). The van der Waals surface area contributed by atoms with Gasteiger partial charge in [0.1, 0.15) is 47.8 Å². The number of rotatable bonds is 14. The van der Waals surface area contributed by atoms with Crippen LogP contribution >= 0.6 is 0 Å². The van der Waals surface area contributed by atoms with E-state index in [1.807, 2.05) is 13.8 Å². The molecule has 0 radical (unpaired) electrons. The summed E-state index contributed by atoms with van der Waals surface area (Å²) in [5, 5.41) is 37.5. The van der Waals surface area contributed by atoms with Gasteiger partial charge in [-0.2, -0.15) is 0 Å². The lowest BCUT2D eigenvalue weighted by Crippen LogP contribution is -2.65. The Kier molecular flexibility index (Phi) is 22.3. The van der Waals surface area contributed by atoms with E-state index in [4.69, 9.17) is 17.2 Å². The van der Waals surface area contributed by atoms with Crippen molar-refractivity contribution in [3.63, 3.8) is 0 Å². The molecule has 0 saturated carbocycles. The molecular formula is C43H71N13O10. The molecule has 2 heterocycles. The third-order valence-corrected chi connectivity index (χ3v) is 11.2. The normalized spacial score (nSPS) is 26.0.